The van der Waals surface area contributed by atoms with Gasteiger partial charge in [-0.05, 0) is 19.1 Å². The van der Waals surface area contributed by atoms with Crippen LogP contribution in [0.2, 0.25) is 0 Å². The molecule has 0 fully saturated rings. The minimum Gasteiger partial charge on any atom is -0.322 e. The normalized spacial score (nSPS) is 9.81. The van der Waals surface area contributed by atoms with E-state index in [0.29, 0.717) is 11.3 Å². The summed E-state index contributed by atoms with van der Waals surface area (Å²) in [4.78, 5) is 19.6. The van der Waals surface area contributed by atoms with Gasteiger partial charge in [-0.1, -0.05) is 18.2 Å². The predicted molar refractivity (Wildman–Crippen MR) is 61.2 cm³/mol. The molecule has 0 saturated heterocycles. The Labute approximate surface area is 93.4 Å². The van der Waals surface area contributed by atoms with Crippen LogP contribution in [-0.2, 0) is 0 Å². The van der Waals surface area contributed by atoms with Gasteiger partial charge in [-0.25, -0.2) is 9.97 Å². The maximum Gasteiger partial charge on any atom is 0.259 e. The number of carbonyl (C=O) groups is 1. The van der Waals surface area contributed by atoms with Crippen LogP contribution in [0.15, 0.2) is 42.9 Å². The summed E-state index contributed by atoms with van der Waals surface area (Å²) < 4.78 is 0. The molecule has 1 heterocycles. The number of aromatic nitrogens is 2. The van der Waals surface area contributed by atoms with Crippen molar-refractivity contribution in [2.24, 2.45) is 0 Å². The highest BCUT2D eigenvalue weighted by atomic mass is 16.1. The fourth-order valence-electron chi connectivity index (χ4n) is 1.33. The monoisotopic (exact) mass is 213 g/mol. The Morgan fingerprint density at radius 2 is 2.00 bits per heavy atom. The van der Waals surface area contributed by atoms with E-state index in [1.165, 1.54) is 12.5 Å². The first-order valence-corrected chi connectivity index (χ1v) is 4.90. The van der Waals surface area contributed by atoms with Gasteiger partial charge < -0.3 is 5.32 Å². The van der Waals surface area contributed by atoms with Gasteiger partial charge in [0.1, 0.15) is 6.33 Å². The Morgan fingerprint density at radius 1 is 1.25 bits per heavy atom. The van der Waals surface area contributed by atoms with Crippen molar-refractivity contribution in [2.45, 2.75) is 6.92 Å². The average molecular weight is 213 g/mol. The second-order valence-electron chi connectivity index (χ2n) is 3.34. The number of hydrogen-bond donors (Lipinski definition) is 1. The first-order valence-electron chi connectivity index (χ1n) is 4.90. The van der Waals surface area contributed by atoms with Gasteiger partial charge in [0.15, 0.2) is 0 Å². The van der Waals surface area contributed by atoms with Gasteiger partial charge in [-0.15, -0.1) is 0 Å². The molecule has 1 N–H and O–H groups in total. The molecule has 4 nitrogen and oxygen atoms in total. The summed E-state index contributed by atoms with van der Waals surface area (Å²) >= 11 is 0. The number of anilines is 1. The van der Waals surface area contributed by atoms with E-state index >= 15 is 0 Å². The summed E-state index contributed by atoms with van der Waals surface area (Å²) in [5, 5.41) is 2.78. The first kappa shape index (κ1) is 10.3. The molecule has 0 atom stereocenters. The van der Waals surface area contributed by atoms with Crippen LogP contribution in [0.3, 0.4) is 0 Å². The Hall–Kier alpha value is -2.23. The lowest BCUT2D eigenvalue weighted by molar-refractivity contribution is 0.102. The third kappa shape index (κ3) is 2.23. The molecule has 16 heavy (non-hydrogen) atoms. The van der Waals surface area contributed by atoms with Crippen LogP contribution in [-0.4, -0.2) is 15.9 Å². The molecule has 1 aromatic heterocycles. The molecule has 0 aliphatic heterocycles. The van der Waals surface area contributed by atoms with Gasteiger partial charge in [0.05, 0.1) is 11.3 Å². The van der Waals surface area contributed by atoms with Crippen molar-refractivity contribution >= 4 is 11.6 Å². The Kier molecular flexibility index (Phi) is 2.91. The van der Waals surface area contributed by atoms with Crippen LogP contribution < -0.4 is 5.32 Å². The number of hydrogen-bond acceptors (Lipinski definition) is 3. The molecule has 0 spiro atoms. The van der Waals surface area contributed by atoms with E-state index in [-0.39, 0.29) is 5.91 Å². The minimum absolute atomic E-state index is 0.190. The third-order valence-electron chi connectivity index (χ3n) is 2.19. The zero-order chi connectivity index (χ0) is 11.4. The molecule has 2 rings (SSSR count). The number of benzene rings is 1. The molecule has 0 bridgehead atoms. The van der Waals surface area contributed by atoms with Crippen LogP contribution in [0.5, 0.6) is 0 Å². The lowest BCUT2D eigenvalue weighted by Gasteiger charge is -2.05. The number of rotatable bonds is 2. The van der Waals surface area contributed by atoms with E-state index in [9.17, 15) is 4.79 Å². The molecule has 0 unspecified atom stereocenters. The van der Waals surface area contributed by atoms with Crippen LogP contribution >= 0.6 is 0 Å². The van der Waals surface area contributed by atoms with E-state index in [2.05, 4.69) is 15.3 Å². The van der Waals surface area contributed by atoms with Crippen molar-refractivity contribution in [2.75, 3.05) is 5.32 Å². The summed E-state index contributed by atoms with van der Waals surface area (Å²) in [7, 11) is 0. The van der Waals surface area contributed by atoms with Crippen molar-refractivity contribution in [3.05, 3.63) is 54.1 Å². The van der Waals surface area contributed by atoms with E-state index in [1.54, 1.807) is 6.92 Å². The van der Waals surface area contributed by atoms with Crippen LogP contribution in [0.4, 0.5) is 5.69 Å². The van der Waals surface area contributed by atoms with Crippen LogP contribution in [0.1, 0.15) is 16.1 Å². The fourth-order valence-corrected chi connectivity index (χ4v) is 1.33. The van der Waals surface area contributed by atoms with E-state index in [0.717, 1.165) is 5.69 Å². The van der Waals surface area contributed by atoms with Crippen molar-refractivity contribution in [3.63, 3.8) is 0 Å². The Bertz CT molecular complexity index is 497. The van der Waals surface area contributed by atoms with Crippen molar-refractivity contribution in [3.8, 4) is 0 Å². The van der Waals surface area contributed by atoms with Gasteiger partial charge in [0.25, 0.3) is 5.91 Å². The number of nitrogens with one attached hydrogen (secondary N) is 1. The van der Waals surface area contributed by atoms with Crippen molar-refractivity contribution < 1.29 is 4.79 Å². The molecular weight excluding hydrogens is 202 g/mol. The van der Waals surface area contributed by atoms with Crippen LogP contribution in [0.25, 0.3) is 0 Å². The zero-order valence-corrected chi connectivity index (χ0v) is 8.84. The molecule has 0 aliphatic carbocycles. The van der Waals surface area contributed by atoms with Gasteiger partial charge in [0, 0.05) is 11.9 Å². The smallest absolute Gasteiger partial charge is 0.259 e. The highest BCUT2D eigenvalue weighted by Gasteiger charge is 2.09. The maximum absolute atomic E-state index is 11.8. The topological polar surface area (TPSA) is 54.9 Å². The standard InChI is InChI=1S/C12H11N3O/c1-9-11(7-13-8-14-9)12(16)15-10-5-3-2-4-6-10/h2-8H,1H3,(H,15,16). The average Bonchev–Trinajstić information content (AvgIpc) is 2.31. The molecule has 0 aliphatic rings. The van der Waals surface area contributed by atoms with Crippen LogP contribution in [0, 0.1) is 6.92 Å². The zero-order valence-electron chi connectivity index (χ0n) is 8.84. The third-order valence-corrected chi connectivity index (χ3v) is 2.19. The number of nitrogens with zero attached hydrogens (tertiary/aromatic N) is 2. The quantitative estimate of drug-likeness (QED) is 0.830. The summed E-state index contributed by atoms with van der Waals surface area (Å²) in [5.41, 5.74) is 1.92. The first-order chi connectivity index (χ1) is 7.77. The molecule has 4 heteroatoms. The lowest BCUT2D eigenvalue weighted by atomic mass is 10.2. The summed E-state index contributed by atoms with van der Waals surface area (Å²) in [6.07, 6.45) is 2.94. The van der Waals surface area contributed by atoms with Crippen molar-refractivity contribution in [1.29, 1.82) is 0 Å². The molecule has 0 saturated carbocycles. The summed E-state index contributed by atoms with van der Waals surface area (Å²) in [6.45, 7) is 1.78. The highest BCUT2D eigenvalue weighted by molar-refractivity contribution is 6.04. The molecular formula is C12H11N3O. The molecule has 80 valence electrons. The Balaban J connectivity index is 2.19. The fraction of sp³-hybridized carbons (Fsp3) is 0.0833. The lowest BCUT2D eigenvalue weighted by Crippen LogP contribution is -2.14. The number of para-hydroxylation sites is 1. The minimum atomic E-state index is -0.190. The number of aryl methyl sites for hydroxylation is 1. The number of carbonyl (C=O) groups excluding carboxylic acids is 1. The molecule has 1 aromatic carbocycles. The van der Waals surface area contributed by atoms with Gasteiger partial charge in [0.2, 0.25) is 0 Å². The SMILES string of the molecule is Cc1ncncc1C(=O)Nc1ccccc1. The predicted octanol–water partition coefficient (Wildman–Crippen LogP) is 2.04. The highest BCUT2D eigenvalue weighted by Crippen LogP contribution is 2.09. The second-order valence-corrected chi connectivity index (χ2v) is 3.34. The molecule has 0 radical (unpaired) electrons. The van der Waals surface area contributed by atoms with E-state index in [1.807, 2.05) is 30.3 Å². The van der Waals surface area contributed by atoms with Crippen molar-refractivity contribution in [1.82, 2.24) is 9.97 Å². The second kappa shape index (κ2) is 4.53. The van der Waals surface area contributed by atoms with Gasteiger partial charge in [-0.2, -0.15) is 0 Å². The molecule has 2 aromatic rings. The van der Waals surface area contributed by atoms with Gasteiger partial charge in [-0.3, -0.25) is 4.79 Å². The Morgan fingerprint density at radius 3 is 2.69 bits per heavy atom. The summed E-state index contributed by atoms with van der Waals surface area (Å²) in [5.74, 6) is -0.190. The maximum atomic E-state index is 11.8. The summed E-state index contributed by atoms with van der Waals surface area (Å²) in [6, 6.07) is 9.29. The molecule has 1 amide bonds. The number of amides is 1. The van der Waals surface area contributed by atoms with E-state index < -0.39 is 0 Å². The largest absolute Gasteiger partial charge is 0.322 e. The van der Waals surface area contributed by atoms with E-state index in [4.69, 9.17) is 0 Å². The van der Waals surface area contributed by atoms with Gasteiger partial charge >= 0.3 is 0 Å².